The number of rotatable bonds is 5. The molecule has 2 rings (SSSR count). The molecule has 2 N–H and O–H groups in total. The van der Waals surface area contributed by atoms with Gasteiger partial charge in [-0.2, -0.15) is 0 Å². The predicted octanol–water partition coefficient (Wildman–Crippen LogP) is -0.768. The lowest BCUT2D eigenvalue weighted by molar-refractivity contribution is -0.927. The number of hydrogen-bond acceptors (Lipinski definition) is 3. The van der Waals surface area contributed by atoms with E-state index in [0.717, 1.165) is 19.4 Å². The average molecular weight is 332 g/mol. The van der Waals surface area contributed by atoms with Crippen molar-refractivity contribution in [2.24, 2.45) is 5.92 Å². The Bertz CT molecular complexity index is 480. The molecule has 22 heavy (non-hydrogen) atoms. The summed E-state index contributed by atoms with van der Waals surface area (Å²) in [6.45, 7) is 6.00. The number of hydrogen-bond donors (Lipinski definition) is 2. The summed E-state index contributed by atoms with van der Waals surface area (Å²) in [4.78, 5) is 13.8. The van der Waals surface area contributed by atoms with Crippen molar-refractivity contribution in [1.82, 2.24) is 9.62 Å². The molecule has 2 heterocycles. The fourth-order valence-electron chi connectivity index (χ4n) is 3.57. The van der Waals surface area contributed by atoms with E-state index in [9.17, 15) is 13.2 Å². The van der Waals surface area contributed by atoms with E-state index < -0.39 is 10.0 Å². The topological polar surface area (TPSA) is 70.9 Å². The Hall–Kier alpha value is -0.660. The molecule has 0 bridgehead atoms. The van der Waals surface area contributed by atoms with Crippen molar-refractivity contribution in [1.29, 1.82) is 0 Å². The molecule has 6 nitrogen and oxygen atoms in total. The van der Waals surface area contributed by atoms with Gasteiger partial charge in [-0.1, -0.05) is 0 Å². The first-order valence-corrected chi connectivity index (χ1v) is 10.3. The Morgan fingerprint density at radius 3 is 2.73 bits per heavy atom. The molecule has 3 unspecified atom stereocenters. The van der Waals surface area contributed by atoms with Gasteiger partial charge in [-0.05, 0) is 39.0 Å². The van der Waals surface area contributed by atoms with Crippen molar-refractivity contribution >= 4 is 15.9 Å². The SMILES string of the molecule is CC1CCCC[NH+]1CCNC(=O)C1CCCN(S(C)(=O)=O)C1. The summed E-state index contributed by atoms with van der Waals surface area (Å²) in [5.74, 6) is -0.185. The van der Waals surface area contributed by atoms with Gasteiger partial charge in [0.25, 0.3) is 0 Å². The van der Waals surface area contributed by atoms with Crippen molar-refractivity contribution in [2.75, 3.05) is 39.0 Å². The molecule has 1 amide bonds. The van der Waals surface area contributed by atoms with E-state index in [0.29, 0.717) is 25.7 Å². The maximum atomic E-state index is 12.3. The van der Waals surface area contributed by atoms with Crippen molar-refractivity contribution < 1.29 is 18.1 Å². The van der Waals surface area contributed by atoms with Crippen LogP contribution >= 0.6 is 0 Å². The smallest absolute Gasteiger partial charge is 0.224 e. The van der Waals surface area contributed by atoms with Crippen LogP contribution in [-0.4, -0.2) is 63.7 Å². The highest BCUT2D eigenvalue weighted by molar-refractivity contribution is 7.88. The molecule has 3 atom stereocenters. The Balaban J connectivity index is 1.75. The molecule has 0 aromatic carbocycles. The number of sulfonamides is 1. The number of quaternary nitrogens is 1. The fourth-order valence-corrected chi connectivity index (χ4v) is 4.48. The third-order valence-corrected chi connectivity index (χ3v) is 6.32. The van der Waals surface area contributed by atoms with E-state index in [2.05, 4.69) is 12.2 Å². The standard InChI is InChI=1S/C15H29N3O3S/c1-13-6-3-4-9-17(13)11-8-16-15(19)14-7-5-10-18(12-14)22(2,20)21/h13-14H,3-12H2,1-2H3,(H,16,19)/p+1. The highest BCUT2D eigenvalue weighted by atomic mass is 32.2. The van der Waals surface area contributed by atoms with Crippen LogP contribution in [0.2, 0.25) is 0 Å². The zero-order valence-corrected chi connectivity index (χ0v) is 14.6. The molecule has 2 saturated heterocycles. The molecule has 128 valence electrons. The molecule has 0 saturated carbocycles. The lowest BCUT2D eigenvalue weighted by atomic mass is 9.99. The molecule has 2 aliphatic heterocycles. The Kier molecular flexibility index (Phi) is 6.23. The van der Waals surface area contributed by atoms with Crippen molar-refractivity contribution in [3.05, 3.63) is 0 Å². The van der Waals surface area contributed by atoms with Crippen LogP contribution in [-0.2, 0) is 14.8 Å². The Labute approximate surface area is 134 Å². The second-order valence-corrected chi connectivity index (χ2v) is 8.79. The number of carbonyl (C=O) groups is 1. The zero-order chi connectivity index (χ0) is 16.2. The van der Waals surface area contributed by atoms with Gasteiger partial charge < -0.3 is 10.2 Å². The van der Waals surface area contributed by atoms with E-state index in [-0.39, 0.29) is 11.8 Å². The minimum atomic E-state index is -3.19. The largest absolute Gasteiger partial charge is 0.350 e. The van der Waals surface area contributed by atoms with Crippen LogP contribution in [0.25, 0.3) is 0 Å². The molecular weight excluding hydrogens is 302 g/mol. The third kappa shape index (κ3) is 4.93. The maximum absolute atomic E-state index is 12.3. The molecule has 2 aliphatic rings. The first-order chi connectivity index (χ1) is 10.4. The average Bonchev–Trinajstić information content (AvgIpc) is 2.48. The highest BCUT2D eigenvalue weighted by Crippen LogP contribution is 2.18. The summed E-state index contributed by atoms with van der Waals surface area (Å²) in [6.07, 6.45) is 6.63. The zero-order valence-electron chi connectivity index (χ0n) is 13.8. The van der Waals surface area contributed by atoms with Crippen molar-refractivity contribution in [3.63, 3.8) is 0 Å². The Morgan fingerprint density at radius 2 is 2.05 bits per heavy atom. The van der Waals surface area contributed by atoms with E-state index >= 15 is 0 Å². The van der Waals surface area contributed by atoms with Crippen LogP contribution in [0.1, 0.15) is 39.0 Å². The van der Waals surface area contributed by atoms with Crippen LogP contribution < -0.4 is 10.2 Å². The summed E-state index contributed by atoms with van der Waals surface area (Å²) < 4.78 is 24.6. The molecule has 0 aromatic rings. The number of carbonyl (C=O) groups excluding carboxylic acids is 1. The van der Waals surface area contributed by atoms with Gasteiger partial charge in [-0.15, -0.1) is 0 Å². The third-order valence-electron chi connectivity index (χ3n) is 5.05. The first kappa shape index (κ1) is 17.7. The van der Waals surface area contributed by atoms with Gasteiger partial charge in [-0.3, -0.25) is 4.79 Å². The second-order valence-electron chi connectivity index (χ2n) is 6.81. The first-order valence-electron chi connectivity index (χ1n) is 8.45. The number of likely N-dealkylation sites (tertiary alicyclic amines) is 1. The van der Waals surface area contributed by atoms with E-state index in [1.54, 1.807) is 4.90 Å². The van der Waals surface area contributed by atoms with Gasteiger partial charge in [0.2, 0.25) is 15.9 Å². The second kappa shape index (κ2) is 7.75. The number of piperidine rings is 2. The fraction of sp³-hybridized carbons (Fsp3) is 0.933. The van der Waals surface area contributed by atoms with Crippen LogP contribution in [0.15, 0.2) is 0 Å². The Morgan fingerprint density at radius 1 is 1.27 bits per heavy atom. The minimum absolute atomic E-state index is 0.0115. The lowest BCUT2D eigenvalue weighted by Gasteiger charge is -2.31. The molecule has 0 aliphatic carbocycles. The van der Waals surface area contributed by atoms with Crippen molar-refractivity contribution in [3.8, 4) is 0 Å². The van der Waals surface area contributed by atoms with Crippen LogP contribution in [0.4, 0.5) is 0 Å². The van der Waals surface area contributed by atoms with Crippen LogP contribution in [0, 0.1) is 5.92 Å². The molecule has 0 spiro atoms. The molecule has 2 fully saturated rings. The number of nitrogens with zero attached hydrogens (tertiary/aromatic N) is 1. The molecular formula is C15H30N3O3S+. The minimum Gasteiger partial charge on any atom is -0.350 e. The summed E-state index contributed by atoms with van der Waals surface area (Å²) in [6, 6.07) is 0.682. The highest BCUT2D eigenvalue weighted by Gasteiger charge is 2.30. The van der Waals surface area contributed by atoms with E-state index in [4.69, 9.17) is 0 Å². The van der Waals surface area contributed by atoms with Gasteiger partial charge in [0.1, 0.15) is 0 Å². The lowest BCUT2D eigenvalue weighted by Crippen LogP contribution is -3.16. The van der Waals surface area contributed by atoms with Gasteiger partial charge >= 0.3 is 0 Å². The molecule has 0 aromatic heterocycles. The van der Waals surface area contributed by atoms with Crippen molar-refractivity contribution in [2.45, 2.75) is 45.1 Å². The predicted molar refractivity (Wildman–Crippen MR) is 86.2 cm³/mol. The van der Waals surface area contributed by atoms with Gasteiger partial charge in [-0.25, -0.2) is 12.7 Å². The molecule has 7 heteroatoms. The van der Waals surface area contributed by atoms with Gasteiger partial charge in [0.15, 0.2) is 0 Å². The number of amides is 1. The van der Waals surface area contributed by atoms with Crippen LogP contribution in [0.3, 0.4) is 0 Å². The van der Waals surface area contributed by atoms with Gasteiger partial charge in [0, 0.05) is 13.1 Å². The van der Waals surface area contributed by atoms with E-state index in [1.807, 2.05) is 0 Å². The monoisotopic (exact) mass is 332 g/mol. The van der Waals surface area contributed by atoms with E-state index in [1.165, 1.54) is 36.4 Å². The summed E-state index contributed by atoms with van der Waals surface area (Å²) in [7, 11) is -3.19. The quantitative estimate of drug-likeness (QED) is 0.695. The normalized spacial score (nSPS) is 30.9. The summed E-state index contributed by atoms with van der Waals surface area (Å²) >= 11 is 0. The molecule has 0 radical (unpaired) electrons. The summed E-state index contributed by atoms with van der Waals surface area (Å²) in [5, 5.41) is 3.01. The van der Waals surface area contributed by atoms with Gasteiger partial charge in [0.05, 0.1) is 37.8 Å². The number of nitrogens with one attached hydrogen (secondary N) is 2. The maximum Gasteiger partial charge on any atom is 0.224 e. The van der Waals surface area contributed by atoms with Crippen LogP contribution in [0.5, 0.6) is 0 Å². The summed E-state index contributed by atoms with van der Waals surface area (Å²) in [5.41, 5.74) is 0.